The molecule has 2 aromatic rings. The predicted octanol–water partition coefficient (Wildman–Crippen LogP) is 2.88. The number of Topliss-reactive ketones (excluding diaryl/α,β-unsaturated/α-hetero) is 1. The van der Waals surface area contributed by atoms with Gasteiger partial charge in [-0.05, 0) is 12.1 Å². The van der Waals surface area contributed by atoms with Crippen LogP contribution in [-0.4, -0.2) is 93.1 Å². The minimum atomic E-state index is -0.190. The van der Waals surface area contributed by atoms with E-state index < -0.39 is 0 Å². The number of rotatable bonds is 6. The largest absolute Gasteiger partial charge is 0.355 e. The zero-order chi connectivity index (χ0) is 23.0. The fourth-order valence-corrected chi connectivity index (χ4v) is 6.74. The highest BCUT2D eigenvalue weighted by atomic mass is 32.2. The highest BCUT2D eigenvalue weighted by Crippen LogP contribution is 2.24. The molecule has 2 saturated heterocycles. The van der Waals surface area contributed by atoms with Crippen molar-refractivity contribution in [3.8, 4) is 0 Å². The van der Waals surface area contributed by atoms with Gasteiger partial charge < -0.3 is 20.4 Å². The van der Waals surface area contributed by atoms with Crippen LogP contribution in [0.4, 0.5) is 0 Å². The lowest BCUT2D eigenvalue weighted by molar-refractivity contribution is 0.0944. The van der Waals surface area contributed by atoms with Gasteiger partial charge in [-0.1, -0.05) is 66.2 Å². The maximum absolute atomic E-state index is 13.6. The fourth-order valence-electron chi connectivity index (χ4n) is 3.86. The molecule has 0 bridgehead atoms. The summed E-state index contributed by atoms with van der Waals surface area (Å²) < 4.78 is 1.75. The van der Waals surface area contributed by atoms with Crippen LogP contribution in [0.5, 0.6) is 0 Å². The summed E-state index contributed by atoms with van der Waals surface area (Å²) in [6.07, 6.45) is 1.70. The van der Waals surface area contributed by atoms with Gasteiger partial charge in [-0.15, -0.1) is 0 Å². The van der Waals surface area contributed by atoms with Crippen molar-refractivity contribution in [3.63, 3.8) is 0 Å². The average Bonchev–Trinajstić information content (AvgIpc) is 2.88. The lowest BCUT2D eigenvalue weighted by Crippen LogP contribution is -2.45. The van der Waals surface area contributed by atoms with E-state index in [2.05, 4.69) is 25.4 Å². The average molecular weight is 520 g/mol. The van der Waals surface area contributed by atoms with Crippen LogP contribution in [0.1, 0.15) is 10.4 Å². The second-order valence-electron chi connectivity index (χ2n) is 8.11. The molecule has 0 spiro atoms. The van der Waals surface area contributed by atoms with E-state index in [4.69, 9.17) is 24.4 Å². The van der Waals surface area contributed by atoms with Crippen molar-refractivity contribution < 1.29 is 4.79 Å². The number of pyridine rings is 1. The molecule has 2 aliphatic heterocycles. The van der Waals surface area contributed by atoms with Crippen LogP contribution in [0.25, 0.3) is 10.9 Å². The molecule has 0 aliphatic carbocycles. The van der Waals surface area contributed by atoms with Gasteiger partial charge in [-0.25, -0.2) is 0 Å². The molecule has 4 rings (SSSR count). The van der Waals surface area contributed by atoms with E-state index in [-0.39, 0.29) is 11.7 Å². The van der Waals surface area contributed by atoms with E-state index >= 15 is 0 Å². The summed E-state index contributed by atoms with van der Waals surface area (Å²) >= 11 is 14.6. The molecule has 0 amide bonds. The number of thiocarbonyl (C=S) groups is 2. The first kappa shape index (κ1) is 24.8. The number of benzene rings is 1. The zero-order valence-corrected chi connectivity index (χ0v) is 21.8. The van der Waals surface area contributed by atoms with Gasteiger partial charge in [-0.3, -0.25) is 9.78 Å². The number of ketones is 1. The van der Waals surface area contributed by atoms with E-state index in [1.165, 1.54) is 0 Å². The lowest BCUT2D eigenvalue weighted by atomic mass is 10.0. The SMILES string of the molecule is O=C(c1cnc2ccccc2c1)C(CSC(=S)N1CCNCC1)CSC(=S)N1CCNCC1. The first-order chi connectivity index (χ1) is 16.1. The smallest absolute Gasteiger partial charge is 0.169 e. The molecule has 3 heterocycles. The van der Waals surface area contributed by atoms with Gasteiger partial charge in [-0.2, -0.15) is 0 Å². The maximum Gasteiger partial charge on any atom is 0.169 e. The van der Waals surface area contributed by atoms with Crippen molar-refractivity contribution in [3.05, 3.63) is 42.1 Å². The van der Waals surface area contributed by atoms with Gasteiger partial charge in [0.25, 0.3) is 0 Å². The summed E-state index contributed by atoms with van der Waals surface area (Å²) in [6, 6.07) is 9.85. The molecular weight excluding hydrogens is 491 g/mol. The minimum absolute atomic E-state index is 0.111. The Morgan fingerprint density at radius 2 is 1.48 bits per heavy atom. The Bertz CT molecular complexity index is 958. The van der Waals surface area contributed by atoms with Crippen molar-refractivity contribution in [2.24, 2.45) is 5.92 Å². The molecule has 1 aromatic carbocycles. The van der Waals surface area contributed by atoms with Crippen molar-refractivity contribution in [2.45, 2.75) is 0 Å². The van der Waals surface area contributed by atoms with Crippen molar-refractivity contribution in [1.29, 1.82) is 0 Å². The number of nitrogens with one attached hydrogen (secondary N) is 2. The Morgan fingerprint density at radius 3 is 2.06 bits per heavy atom. The van der Waals surface area contributed by atoms with Crippen molar-refractivity contribution in [1.82, 2.24) is 25.4 Å². The summed E-state index contributed by atoms with van der Waals surface area (Å²) in [6.45, 7) is 7.45. The molecule has 2 N–H and O–H groups in total. The molecular formula is C23H29N5OS4. The van der Waals surface area contributed by atoms with Crippen LogP contribution in [-0.2, 0) is 0 Å². The summed E-state index contributed by atoms with van der Waals surface area (Å²) in [5.41, 5.74) is 1.55. The number of para-hydroxylation sites is 1. The number of nitrogens with zero attached hydrogens (tertiary/aromatic N) is 3. The highest BCUT2D eigenvalue weighted by Gasteiger charge is 2.25. The minimum Gasteiger partial charge on any atom is -0.355 e. The van der Waals surface area contributed by atoms with Crippen LogP contribution >= 0.6 is 48.0 Å². The number of thioether (sulfide) groups is 2. The normalized spacial score (nSPS) is 16.9. The molecule has 0 atom stereocenters. The third kappa shape index (κ3) is 6.86. The number of piperazine rings is 2. The molecule has 0 radical (unpaired) electrons. The van der Waals surface area contributed by atoms with Gasteiger partial charge in [0.05, 0.1) is 5.52 Å². The number of hydrogen-bond acceptors (Lipinski definition) is 8. The molecule has 10 heteroatoms. The first-order valence-electron chi connectivity index (χ1n) is 11.3. The fraction of sp³-hybridized carbons (Fsp3) is 0.478. The van der Waals surface area contributed by atoms with Crippen LogP contribution < -0.4 is 10.6 Å². The van der Waals surface area contributed by atoms with Crippen LogP contribution in [0, 0.1) is 5.92 Å². The van der Waals surface area contributed by atoms with Crippen LogP contribution in [0.15, 0.2) is 36.5 Å². The van der Waals surface area contributed by atoms with Gasteiger partial charge in [0, 0.05) is 86.9 Å². The Labute approximate surface area is 214 Å². The number of hydrogen-bond donors (Lipinski definition) is 2. The number of carbonyl (C=O) groups is 1. The highest BCUT2D eigenvalue weighted by molar-refractivity contribution is 8.23. The van der Waals surface area contributed by atoms with Gasteiger partial charge in [0.1, 0.15) is 8.64 Å². The van der Waals surface area contributed by atoms with Crippen LogP contribution in [0.3, 0.4) is 0 Å². The second kappa shape index (κ2) is 12.4. The topological polar surface area (TPSA) is 60.5 Å². The molecule has 0 saturated carbocycles. The van der Waals surface area contributed by atoms with Crippen molar-refractivity contribution in [2.75, 3.05) is 63.9 Å². The summed E-state index contributed by atoms with van der Waals surface area (Å²) in [7, 11) is 0. The molecule has 2 aliphatic rings. The Kier molecular flexibility index (Phi) is 9.34. The van der Waals surface area contributed by atoms with E-state index in [9.17, 15) is 4.79 Å². The Hall–Kier alpha value is -1.30. The Balaban J connectivity index is 1.44. The Morgan fingerprint density at radius 1 is 0.939 bits per heavy atom. The zero-order valence-electron chi connectivity index (χ0n) is 18.5. The summed E-state index contributed by atoms with van der Waals surface area (Å²) in [5, 5.41) is 7.69. The third-order valence-electron chi connectivity index (χ3n) is 5.81. The number of fused-ring (bicyclic) bond motifs is 1. The van der Waals surface area contributed by atoms with E-state index in [1.54, 1.807) is 29.7 Å². The first-order valence-corrected chi connectivity index (χ1v) is 14.0. The monoisotopic (exact) mass is 519 g/mol. The lowest BCUT2D eigenvalue weighted by Gasteiger charge is -2.30. The van der Waals surface area contributed by atoms with E-state index in [0.717, 1.165) is 71.9 Å². The standard InChI is InChI=1S/C23H29N5OS4/c29-21(18-13-17-3-1-2-4-20(17)26-14-18)19(15-32-22(30)27-9-5-24-6-10-27)16-33-23(31)28-11-7-25-8-12-28/h1-4,13-14,19,24-25H,5-12,15-16H2. The molecule has 1 aromatic heterocycles. The van der Waals surface area contributed by atoms with Crippen molar-refractivity contribution >= 4 is 73.3 Å². The molecule has 2 fully saturated rings. The van der Waals surface area contributed by atoms with Gasteiger partial charge in [0.15, 0.2) is 5.78 Å². The third-order valence-corrected chi connectivity index (χ3v) is 9.18. The van der Waals surface area contributed by atoms with Gasteiger partial charge in [0.2, 0.25) is 0 Å². The number of carbonyl (C=O) groups excluding carboxylic acids is 1. The van der Waals surface area contributed by atoms with Gasteiger partial charge >= 0.3 is 0 Å². The quantitative estimate of drug-likeness (QED) is 0.440. The maximum atomic E-state index is 13.6. The summed E-state index contributed by atoms with van der Waals surface area (Å²) in [4.78, 5) is 22.5. The number of aromatic nitrogens is 1. The molecule has 6 nitrogen and oxygen atoms in total. The second-order valence-corrected chi connectivity index (χ2v) is 11.4. The summed E-state index contributed by atoms with van der Waals surface area (Å²) in [5.74, 6) is 1.21. The van der Waals surface area contributed by atoms with Crippen LogP contribution in [0.2, 0.25) is 0 Å². The van der Waals surface area contributed by atoms with E-state index in [0.29, 0.717) is 17.1 Å². The van der Waals surface area contributed by atoms with E-state index in [1.807, 2.05) is 30.3 Å². The predicted molar refractivity (Wildman–Crippen MR) is 149 cm³/mol. The molecule has 0 unspecified atom stereocenters. The molecule has 176 valence electrons. The molecule has 33 heavy (non-hydrogen) atoms.